The minimum Gasteiger partial charge on any atom is -0.447 e. The highest BCUT2D eigenvalue weighted by Crippen LogP contribution is 2.18. The van der Waals surface area contributed by atoms with E-state index in [4.69, 9.17) is 50.9 Å². The molecule has 30 heavy (non-hydrogen) atoms. The van der Waals surface area contributed by atoms with Gasteiger partial charge in [0.05, 0.1) is 6.10 Å². The van der Waals surface area contributed by atoms with Crippen LogP contribution in [0, 0.1) is 0 Å². The summed E-state index contributed by atoms with van der Waals surface area (Å²) in [4.78, 5) is 32.9. The van der Waals surface area contributed by atoms with E-state index in [0.717, 1.165) is 0 Å². The van der Waals surface area contributed by atoms with Crippen LogP contribution in [0.15, 0.2) is 29.3 Å². The third-order valence-corrected chi connectivity index (χ3v) is 3.27. The number of hydrogen-bond donors (Lipinski definition) is 5. The first-order valence-electron chi connectivity index (χ1n) is 7.95. The van der Waals surface area contributed by atoms with Gasteiger partial charge in [0, 0.05) is 10.7 Å². The van der Waals surface area contributed by atoms with E-state index in [1.54, 1.807) is 38.1 Å². The average molecular weight is 480 g/mol. The summed E-state index contributed by atoms with van der Waals surface area (Å²) in [5.74, 6) is -1.50. The lowest BCUT2D eigenvalue weighted by molar-refractivity contribution is 0.0998. The van der Waals surface area contributed by atoms with E-state index in [1.165, 1.54) is 0 Å². The molecule has 0 saturated carbocycles. The molecule has 0 atom stereocenters. The molecule has 0 aliphatic rings. The van der Waals surface area contributed by atoms with Gasteiger partial charge in [0.15, 0.2) is 28.4 Å². The van der Waals surface area contributed by atoms with Gasteiger partial charge >= 0.3 is 12.0 Å². The molecule has 0 radical (unpaired) electrons. The number of aromatic nitrogens is 2. The van der Waals surface area contributed by atoms with Gasteiger partial charge in [-0.1, -0.05) is 29.3 Å². The molecular weight excluding hydrogens is 459 g/mol. The minimum atomic E-state index is -0.832. The first-order valence-corrected chi connectivity index (χ1v) is 8.70. The molecule has 1 aromatic heterocycles. The Morgan fingerprint density at radius 1 is 1.13 bits per heavy atom. The lowest BCUT2D eigenvalue weighted by Crippen LogP contribution is -2.24. The summed E-state index contributed by atoms with van der Waals surface area (Å²) < 4.78 is 4.90. The predicted molar refractivity (Wildman–Crippen MR) is 120 cm³/mol. The molecule has 1 heterocycles. The lowest BCUT2D eigenvalue weighted by Gasteiger charge is -2.09. The van der Waals surface area contributed by atoms with Crippen LogP contribution in [-0.4, -0.2) is 34.0 Å². The Bertz CT molecular complexity index is 921. The number of nitrogens with zero attached hydrogens (tertiary/aromatic N) is 3. The second-order valence-electron chi connectivity index (χ2n) is 5.56. The number of rotatable bonds is 3. The van der Waals surface area contributed by atoms with Crippen molar-refractivity contribution in [1.82, 2.24) is 9.97 Å². The van der Waals surface area contributed by atoms with Gasteiger partial charge in [0.25, 0.3) is 0 Å². The molecule has 0 saturated heterocycles. The van der Waals surface area contributed by atoms with Crippen LogP contribution in [0.5, 0.6) is 0 Å². The van der Waals surface area contributed by atoms with Gasteiger partial charge in [-0.05, 0) is 32.0 Å². The van der Waals surface area contributed by atoms with Crippen molar-refractivity contribution in [2.45, 2.75) is 20.0 Å². The summed E-state index contributed by atoms with van der Waals surface area (Å²) in [5.41, 5.74) is 21.1. The molecule has 14 heteroatoms. The maximum Gasteiger partial charge on any atom is 0.411 e. The second kappa shape index (κ2) is 12.5. The molecule has 0 aliphatic heterocycles. The van der Waals surface area contributed by atoms with E-state index in [0.29, 0.717) is 10.7 Å². The van der Waals surface area contributed by atoms with Crippen LogP contribution in [0.3, 0.4) is 0 Å². The molecule has 2 rings (SSSR count). The van der Waals surface area contributed by atoms with Crippen molar-refractivity contribution in [3.8, 4) is 0 Å². The van der Waals surface area contributed by atoms with Crippen molar-refractivity contribution in [3.05, 3.63) is 40.1 Å². The van der Waals surface area contributed by atoms with E-state index in [1.807, 2.05) is 0 Å². The van der Waals surface area contributed by atoms with Crippen LogP contribution in [0.4, 0.5) is 22.1 Å². The molecule has 1 aromatic carbocycles. The zero-order chi connectivity index (χ0) is 22.1. The van der Waals surface area contributed by atoms with Crippen LogP contribution >= 0.6 is 35.6 Å². The van der Waals surface area contributed by atoms with Crippen LogP contribution in [-0.2, 0) is 4.74 Å². The van der Waals surface area contributed by atoms with Gasteiger partial charge in [-0.3, -0.25) is 10.1 Å². The lowest BCUT2D eigenvalue weighted by atomic mass is 10.3. The number of halogens is 3. The molecule has 11 nitrogen and oxygen atoms in total. The van der Waals surface area contributed by atoms with Gasteiger partial charge in [-0.15, -0.1) is 12.4 Å². The van der Waals surface area contributed by atoms with Crippen molar-refractivity contribution < 1.29 is 14.3 Å². The number of guanidine groups is 1. The summed E-state index contributed by atoms with van der Waals surface area (Å²) in [6, 6.07) is 6.89. The number of carbonyl (C=O) groups is 2. The molecule has 0 spiro atoms. The number of nitrogens with two attached hydrogens (primary N) is 4. The number of ether oxygens (including phenoxy) is 1. The number of carbonyl (C=O) groups excluding carboxylic acids is 2. The maximum absolute atomic E-state index is 11.3. The van der Waals surface area contributed by atoms with Crippen molar-refractivity contribution in [2.24, 2.45) is 16.5 Å². The van der Waals surface area contributed by atoms with Crippen LogP contribution in [0.25, 0.3) is 0 Å². The van der Waals surface area contributed by atoms with Crippen LogP contribution in [0.2, 0.25) is 10.2 Å². The van der Waals surface area contributed by atoms with E-state index < -0.39 is 18.0 Å². The SMILES string of the molecule is CC(C)OC(=O)Nc1cccc(Cl)c1.Cl.NC(N)=NC(=O)c1nc(Cl)c(N)nc1N. The summed E-state index contributed by atoms with van der Waals surface area (Å²) in [6.45, 7) is 3.58. The standard InChI is InChI=1S/C10H12ClNO2.C6H8ClN7O.ClH/c1-7(2)14-10(13)12-9-5-3-4-8(11)6-9;7-2-4(9)13-3(8)1(12-2)5(15)14-6(10)11;/h3-7H,1-2H3,(H,12,13);(H4,8,9,13)(H4,10,11,14,15);1H. The Morgan fingerprint density at radius 2 is 1.77 bits per heavy atom. The number of anilines is 3. The quantitative estimate of drug-likeness (QED) is 0.324. The summed E-state index contributed by atoms with van der Waals surface area (Å²) in [6.07, 6.45) is -0.601. The first kappa shape index (κ1) is 27.0. The summed E-state index contributed by atoms with van der Waals surface area (Å²) >= 11 is 11.3. The maximum atomic E-state index is 11.3. The van der Waals surface area contributed by atoms with Gasteiger partial charge in [-0.25, -0.2) is 14.8 Å². The third kappa shape index (κ3) is 9.45. The molecule has 2 aromatic rings. The van der Waals surface area contributed by atoms with E-state index in [2.05, 4.69) is 20.3 Å². The average Bonchev–Trinajstić information content (AvgIpc) is 2.57. The highest BCUT2D eigenvalue weighted by molar-refractivity contribution is 6.31. The third-order valence-electron chi connectivity index (χ3n) is 2.75. The second-order valence-corrected chi connectivity index (χ2v) is 6.36. The Labute approximate surface area is 188 Å². The van der Waals surface area contributed by atoms with E-state index in [9.17, 15) is 9.59 Å². The summed E-state index contributed by atoms with van der Waals surface area (Å²) in [5, 5.41) is 3.00. The molecule has 0 aliphatic carbocycles. The Kier molecular flexibility index (Phi) is 11.3. The highest BCUT2D eigenvalue weighted by Gasteiger charge is 2.15. The normalized spacial score (nSPS) is 9.50. The predicted octanol–water partition coefficient (Wildman–Crippen LogP) is 2.43. The summed E-state index contributed by atoms with van der Waals surface area (Å²) in [7, 11) is 0. The Morgan fingerprint density at radius 3 is 2.30 bits per heavy atom. The van der Waals surface area contributed by atoms with Crippen molar-refractivity contribution in [3.63, 3.8) is 0 Å². The fraction of sp³-hybridized carbons (Fsp3) is 0.188. The first-order chi connectivity index (χ1) is 13.5. The number of nitrogens with one attached hydrogen (secondary N) is 1. The van der Waals surface area contributed by atoms with Gasteiger partial charge in [0.2, 0.25) is 0 Å². The van der Waals surface area contributed by atoms with Crippen molar-refractivity contribution >= 4 is 70.9 Å². The number of nitrogen functional groups attached to an aromatic ring is 2. The monoisotopic (exact) mass is 478 g/mol. The van der Waals surface area contributed by atoms with Crippen LogP contribution < -0.4 is 28.3 Å². The number of aliphatic imine (C=N–C) groups is 1. The fourth-order valence-electron chi connectivity index (χ4n) is 1.70. The topological polar surface area (TPSA) is 198 Å². The Balaban J connectivity index is 0.000000544. The molecule has 0 unspecified atom stereocenters. The van der Waals surface area contributed by atoms with Crippen molar-refractivity contribution in [2.75, 3.05) is 16.8 Å². The largest absolute Gasteiger partial charge is 0.447 e. The molecule has 0 fully saturated rings. The van der Waals surface area contributed by atoms with Gasteiger partial charge < -0.3 is 27.7 Å². The zero-order valence-electron chi connectivity index (χ0n) is 15.9. The number of benzene rings is 1. The minimum absolute atomic E-state index is 0. The molecule has 164 valence electrons. The Hall–Kier alpha value is -3.02. The molecule has 2 amide bonds. The zero-order valence-corrected chi connectivity index (χ0v) is 18.3. The van der Waals surface area contributed by atoms with E-state index >= 15 is 0 Å². The number of amides is 2. The van der Waals surface area contributed by atoms with Gasteiger partial charge in [-0.2, -0.15) is 4.99 Å². The number of hydrogen-bond acceptors (Lipinski definition) is 7. The van der Waals surface area contributed by atoms with Crippen molar-refractivity contribution in [1.29, 1.82) is 0 Å². The highest BCUT2D eigenvalue weighted by atomic mass is 35.5. The van der Waals surface area contributed by atoms with Gasteiger partial charge in [0.1, 0.15) is 0 Å². The molecular formula is C16H21Cl3N8O3. The smallest absolute Gasteiger partial charge is 0.411 e. The molecule has 0 bridgehead atoms. The fourth-order valence-corrected chi connectivity index (χ4v) is 2.01. The molecule has 9 N–H and O–H groups in total. The van der Waals surface area contributed by atoms with E-state index in [-0.39, 0.29) is 41.0 Å². The van der Waals surface area contributed by atoms with Crippen LogP contribution in [0.1, 0.15) is 24.3 Å².